The molecule has 1 heterocycles. The van der Waals surface area contributed by atoms with E-state index in [9.17, 15) is 0 Å². The zero-order chi connectivity index (χ0) is 10.1. The molecule has 0 aliphatic heterocycles. The predicted octanol–water partition coefficient (Wildman–Crippen LogP) is 2.36. The van der Waals surface area contributed by atoms with Crippen molar-refractivity contribution in [2.75, 3.05) is 14.2 Å². The number of halogens is 1. The van der Waals surface area contributed by atoms with Gasteiger partial charge in [-0.2, -0.15) is 8.75 Å². The first-order chi connectivity index (χ1) is 6.77. The van der Waals surface area contributed by atoms with Gasteiger partial charge in [0.05, 0.1) is 31.0 Å². The topological polar surface area (TPSA) is 44.2 Å². The number of hydrogen-bond donors (Lipinski definition) is 0. The monoisotopic (exact) mass is 230 g/mol. The van der Waals surface area contributed by atoms with E-state index < -0.39 is 0 Å². The Balaban J connectivity index is 2.81. The highest BCUT2D eigenvalue weighted by Crippen LogP contribution is 2.37. The van der Waals surface area contributed by atoms with Gasteiger partial charge >= 0.3 is 0 Å². The summed E-state index contributed by atoms with van der Waals surface area (Å²) < 4.78 is 18.5. The summed E-state index contributed by atoms with van der Waals surface area (Å²) >= 11 is 7.08. The van der Waals surface area contributed by atoms with E-state index in [2.05, 4.69) is 8.75 Å². The first-order valence-electron chi connectivity index (χ1n) is 3.80. The molecule has 1 aromatic heterocycles. The number of nitrogens with zero attached hydrogens (tertiary/aromatic N) is 2. The van der Waals surface area contributed by atoms with Gasteiger partial charge in [-0.15, -0.1) is 0 Å². The Morgan fingerprint density at radius 1 is 1.21 bits per heavy atom. The van der Waals surface area contributed by atoms with Crippen LogP contribution >= 0.6 is 23.3 Å². The Bertz CT molecular complexity index is 472. The van der Waals surface area contributed by atoms with Crippen molar-refractivity contribution in [3.05, 3.63) is 11.1 Å². The SMILES string of the molecule is COc1cc(Cl)c(OC)c2nsnc12. The van der Waals surface area contributed by atoms with Crippen molar-refractivity contribution >= 4 is 34.4 Å². The zero-order valence-corrected chi connectivity index (χ0v) is 9.15. The molecule has 74 valence electrons. The van der Waals surface area contributed by atoms with Gasteiger partial charge in [-0.25, -0.2) is 0 Å². The van der Waals surface area contributed by atoms with Crippen molar-refractivity contribution in [1.82, 2.24) is 8.75 Å². The van der Waals surface area contributed by atoms with Crippen molar-refractivity contribution in [1.29, 1.82) is 0 Å². The van der Waals surface area contributed by atoms with Gasteiger partial charge in [0.15, 0.2) is 16.8 Å². The van der Waals surface area contributed by atoms with E-state index in [0.29, 0.717) is 27.6 Å². The summed E-state index contributed by atoms with van der Waals surface area (Å²) in [5.74, 6) is 1.15. The molecule has 0 fully saturated rings. The number of ether oxygens (including phenoxy) is 2. The van der Waals surface area contributed by atoms with E-state index in [-0.39, 0.29) is 0 Å². The van der Waals surface area contributed by atoms with Crippen LogP contribution in [0.4, 0.5) is 0 Å². The summed E-state index contributed by atoms with van der Waals surface area (Å²) in [6, 6.07) is 1.67. The summed E-state index contributed by atoms with van der Waals surface area (Å²) in [6.07, 6.45) is 0. The number of aromatic nitrogens is 2. The van der Waals surface area contributed by atoms with Crippen LogP contribution in [0.5, 0.6) is 11.5 Å². The number of fused-ring (bicyclic) bond motifs is 1. The minimum Gasteiger partial charge on any atom is -0.494 e. The largest absolute Gasteiger partial charge is 0.494 e. The lowest BCUT2D eigenvalue weighted by molar-refractivity contribution is 0.410. The average molecular weight is 231 g/mol. The van der Waals surface area contributed by atoms with Crippen molar-refractivity contribution in [3.63, 3.8) is 0 Å². The molecule has 2 rings (SSSR count). The van der Waals surface area contributed by atoms with Crippen LogP contribution in [0.2, 0.25) is 5.02 Å². The molecular formula is C8H7ClN2O2S. The van der Waals surface area contributed by atoms with Gasteiger partial charge in [0.2, 0.25) is 0 Å². The molecule has 0 atom stereocenters. The molecule has 0 saturated heterocycles. The summed E-state index contributed by atoms with van der Waals surface area (Å²) in [5, 5.41) is 0.476. The maximum absolute atomic E-state index is 5.98. The van der Waals surface area contributed by atoms with Crippen LogP contribution in [0.25, 0.3) is 11.0 Å². The number of methoxy groups -OCH3 is 2. The third-order valence-electron chi connectivity index (χ3n) is 1.84. The van der Waals surface area contributed by atoms with E-state index in [0.717, 1.165) is 11.7 Å². The molecule has 0 N–H and O–H groups in total. The maximum Gasteiger partial charge on any atom is 0.166 e. The normalized spacial score (nSPS) is 10.5. The van der Waals surface area contributed by atoms with Crippen LogP contribution < -0.4 is 9.47 Å². The van der Waals surface area contributed by atoms with Crippen LogP contribution in [0.1, 0.15) is 0 Å². The third kappa shape index (κ3) is 1.29. The highest BCUT2D eigenvalue weighted by Gasteiger charge is 2.15. The molecule has 1 aromatic carbocycles. The van der Waals surface area contributed by atoms with Crippen LogP contribution in [0, 0.1) is 0 Å². The summed E-state index contributed by atoms with van der Waals surface area (Å²) in [7, 11) is 3.11. The van der Waals surface area contributed by atoms with Gasteiger partial charge in [0.25, 0.3) is 0 Å². The molecule has 0 radical (unpaired) electrons. The smallest absolute Gasteiger partial charge is 0.166 e. The van der Waals surface area contributed by atoms with Crippen LogP contribution in [-0.2, 0) is 0 Å². The molecule has 4 nitrogen and oxygen atoms in total. The molecule has 0 spiro atoms. The molecule has 14 heavy (non-hydrogen) atoms. The molecular weight excluding hydrogens is 224 g/mol. The second kappa shape index (κ2) is 3.59. The van der Waals surface area contributed by atoms with Gasteiger partial charge in [-0.3, -0.25) is 0 Å². The highest BCUT2D eigenvalue weighted by molar-refractivity contribution is 7.00. The maximum atomic E-state index is 5.98. The minimum atomic E-state index is 0.476. The quantitative estimate of drug-likeness (QED) is 0.795. The molecule has 0 aliphatic rings. The molecule has 6 heteroatoms. The van der Waals surface area contributed by atoms with Crippen LogP contribution in [-0.4, -0.2) is 23.0 Å². The Labute approximate surface area is 89.7 Å². The van der Waals surface area contributed by atoms with Gasteiger partial charge in [-0.05, 0) is 0 Å². The highest BCUT2D eigenvalue weighted by atomic mass is 35.5. The van der Waals surface area contributed by atoms with E-state index >= 15 is 0 Å². The van der Waals surface area contributed by atoms with Gasteiger partial charge in [0.1, 0.15) is 5.75 Å². The fourth-order valence-electron chi connectivity index (χ4n) is 1.21. The first-order valence-corrected chi connectivity index (χ1v) is 4.91. The van der Waals surface area contributed by atoms with Gasteiger partial charge in [-0.1, -0.05) is 11.6 Å². The third-order valence-corrected chi connectivity index (χ3v) is 2.64. The lowest BCUT2D eigenvalue weighted by Crippen LogP contribution is -1.90. The standard InChI is InChI=1S/C8H7ClN2O2S/c1-12-5-3-4(9)8(13-2)7-6(5)10-14-11-7/h3H,1-2H3. The lowest BCUT2D eigenvalue weighted by Gasteiger charge is -2.06. The van der Waals surface area contributed by atoms with Crippen molar-refractivity contribution in [3.8, 4) is 11.5 Å². The van der Waals surface area contributed by atoms with Gasteiger partial charge in [0, 0.05) is 6.07 Å². The lowest BCUT2D eigenvalue weighted by atomic mass is 10.2. The Kier molecular flexibility index (Phi) is 2.43. The summed E-state index contributed by atoms with van der Waals surface area (Å²) in [5.41, 5.74) is 1.32. The molecule has 0 unspecified atom stereocenters. The number of rotatable bonds is 2. The van der Waals surface area contributed by atoms with E-state index in [1.807, 2.05) is 0 Å². The molecule has 0 amide bonds. The van der Waals surface area contributed by atoms with Crippen LogP contribution in [0.15, 0.2) is 6.07 Å². The molecule has 0 saturated carbocycles. The summed E-state index contributed by atoms with van der Waals surface area (Å²) in [4.78, 5) is 0. The fraction of sp³-hybridized carbons (Fsp3) is 0.250. The summed E-state index contributed by atoms with van der Waals surface area (Å²) in [6.45, 7) is 0. The van der Waals surface area contributed by atoms with E-state index in [1.165, 1.54) is 0 Å². The minimum absolute atomic E-state index is 0.476. The number of benzene rings is 1. The second-order valence-corrected chi connectivity index (χ2v) is 3.49. The Hall–Kier alpha value is -1.07. The van der Waals surface area contributed by atoms with Gasteiger partial charge < -0.3 is 9.47 Å². The molecule has 0 aliphatic carbocycles. The van der Waals surface area contributed by atoms with Crippen molar-refractivity contribution in [2.45, 2.75) is 0 Å². The van der Waals surface area contributed by atoms with E-state index in [1.54, 1.807) is 20.3 Å². The van der Waals surface area contributed by atoms with Crippen molar-refractivity contribution < 1.29 is 9.47 Å². The first kappa shape index (κ1) is 9.48. The predicted molar refractivity (Wildman–Crippen MR) is 55.5 cm³/mol. The van der Waals surface area contributed by atoms with Crippen molar-refractivity contribution in [2.24, 2.45) is 0 Å². The second-order valence-electron chi connectivity index (χ2n) is 2.56. The molecule has 2 aromatic rings. The van der Waals surface area contributed by atoms with Crippen LogP contribution in [0.3, 0.4) is 0 Å². The Morgan fingerprint density at radius 3 is 2.57 bits per heavy atom. The molecule has 0 bridgehead atoms. The average Bonchev–Trinajstić information content (AvgIpc) is 2.65. The zero-order valence-electron chi connectivity index (χ0n) is 7.57. The Morgan fingerprint density at radius 2 is 1.93 bits per heavy atom. The van der Waals surface area contributed by atoms with E-state index in [4.69, 9.17) is 21.1 Å². The fourth-order valence-corrected chi connectivity index (χ4v) is 2.03. The number of hydrogen-bond acceptors (Lipinski definition) is 5.